The first-order valence-corrected chi connectivity index (χ1v) is 18.0. The monoisotopic (exact) mass is 697 g/mol. The molecule has 2 amide bonds. The zero-order valence-electron chi connectivity index (χ0n) is 28.1. The highest BCUT2D eigenvalue weighted by atomic mass is 35.5. The highest BCUT2D eigenvalue weighted by Gasteiger charge is 2.54. The number of imide groups is 1. The molecule has 3 saturated heterocycles. The molecule has 3 unspecified atom stereocenters. The molecule has 50 heavy (non-hydrogen) atoms. The first-order chi connectivity index (χ1) is 23.9. The van der Waals surface area contributed by atoms with Gasteiger partial charge >= 0.3 is 0 Å². The number of carbonyl (C=O) groups is 2. The van der Waals surface area contributed by atoms with E-state index in [2.05, 4.69) is 51.8 Å². The third-order valence-corrected chi connectivity index (χ3v) is 12.5. The second-order valence-corrected chi connectivity index (χ2v) is 16.1. The Balaban J connectivity index is 0.875. The van der Waals surface area contributed by atoms with Crippen LogP contribution >= 0.6 is 11.6 Å². The third kappa shape index (κ3) is 4.78. The molecular formula is C39H38ClF2N5O3. The lowest BCUT2D eigenvalue weighted by molar-refractivity contribution is -0.134. The molecule has 4 aliphatic heterocycles. The Kier molecular flexibility index (Phi) is 7.11. The Hall–Kier alpha value is -4.15. The smallest absolute Gasteiger partial charge is 0.282 e. The largest absolute Gasteiger partial charge is 0.370 e. The number of hydrogen-bond donors (Lipinski definition) is 1. The zero-order valence-corrected chi connectivity index (χ0v) is 28.8. The van der Waals surface area contributed by atoms with E-state index >= 15 is 8.78 Å². The summed E-state index contributed by atoms with van der Waals surface area (Å²) in [5, 5.41) is 3.06. The lowest BCUT2D eigenvalue weighted by Crippen LogP contribution is -2.73. The highest BCUT2D eigenvalue weighted by Crippen LogP contribution is 2.48. The van der Waals surface area contributed by atoms with Crippen LogP contribution in [0.2, 0.25) is 5.02 Å². The van der Waals surface area contributed by atoms with Gasteiger partial charge in [0, 0.05) is 55.3 Å². The van der Waals surface area contributed by atoms with E-state index in [1.54, 1.807) is 6.07 Å². The van der Waals surface area contributed by atoms with E-state index in [4.69, 9.17) is 11.6 Å². The van der Waals surface area contributed by atoms with Gasteiger partial charge in [-0.1, -0.05) is 36.2 Å². The number of halogens is 3. The molecule has 1 aliphatic carbocycles. The van der Waals surface area contributed by atoms with Crippen molar-refractivity contribution >= 4 is 40.0 Å². The van der Waals surface area contributed by atoms with Crippen molar-refractivity contribution < 1.29 is 18.4 Å². The summed E-state index contributed by atoms with van der Waals surface area (Å²) >= 11 is 6.45. The highest BCUT2D eigenvalue weighted by molar-refractivity contribution is 6.35. The molecular weight excluding hydrogens is 660 g/mol. The number of hydrogen-bond acceptors (Lipinski definition) is 6. The minimum absolute atomic E-state index is 0.0685. The quantitative estimate of drug-likeness (QED) is 0.251. The van der Waals surface area contributed by atoms with Crippen molar-refractivity contribution in [2.75, 3.05) is 31.1 Å². The van der Waals surface area contributed by atoms with Gasteiger partial charge in [-0.15, -0.1) is 0 Å². The topological polar surface area (TPSA) is 87.5 Å². The Morgan fingerprint density at radius 1 is 0.940 bits per heavy atom. The lowest BCUT2D eigenvalue weighted by Gasteiger charge is -2.63. The van der Waals surface area contributed by atoms with Gasteiger partial charge in [-0.2, -0.15) is 4.98 Å². The first-order valence-electron chi connectivity index (χ1n) is 17.6. The van der Waals surface area contributed by atoms with Crippen molar-refractivity contribution in [1.82, 2.24) is 19.8 Å². The number of anilines is 1. The SMILES string of the molecule is CC1(C)c2cc(C3CCCC(N4CC5(CN(c6cc(F)c(C7CCC(=O)NC7=O)c(F)c6)C5)C4)C3)ccc2-n2c1nc(=O)c1c(Cl)cccc12. The summed E-state index contributed by atoms with van der Waals surface area (Å²) in [6.07, 6.45) is 4.71. The molecule has 4 aromatic rings. The Morgan fingerprint density at radius 3 is 2.44 bits per heavy atom. The van der Waals surface area contributed by atoms with Crippen LogP contribution < -0.4 is 15.8 Å². The van der Waals surface area contributed by atoms with Crippen molar-refractivity contribution in [3.8, 4) is 5.69 Å². The van der Waals surface area contributed by atoms with Gasteiger partial charge in [-0.3, -0.25) is 29.2 Å². The van der Waals surface area contributed by atoms with Crippen LogP contribution in [0.25, 0.3) is 16.6 Å². The second-order valence-electron chi connectivity index (χ2n) is 15.7. The van der Waals surface area contributed by atoms with Gasteiger partial charge < -0.3 is 4.90 Å². The van der Waals surface area contributed by atoms with Crippen LogP contribution in [-0.4, -0.2) is 58.5 Å². The van der Waals surface area contributed by atoms with E-state index < -0.39 is 34.8 Å². The normalized spacial score (nSPS) is 25.2. The van der Waals surface area contributed by atoms with Crippen molar-refractivity contribution in [3.63, 3.8) is 0 Å². The molecule has 11 heteroatoms. The summed E-state index contributed by atoms with van der Waals surface area (Å²) < 4.78 is 32.4. The van der Waals surface area contributed by atoms with Gasteiger partial charge in [0.1, 0.15) is 17.5 Å². The van der Waals surface area contributed by atoms with Gasteiger partial charge in [0.15, 0.2) is 0 Å². The van der Waals surface area contributed by atoms with Crippen molar-refractivity contribution in [1.29, 1.82) is 0 Å². The minimum Gasteiger partial charge on any atom is -0.370 e. The summed E-state index contributed by atoms with van der Waals surface area (Å²) in [5.41, 5.74) is 3.97. The fourth-order valence-electron chi connectivity index (χ4n) is 9.59. The molecule has 5 heterocycles. The fraction of sp³-hybridized carbons (Fsp3) is 0.436. The number of nitrogens with one attached hydrogen (secondary N) is 1. The first kappa shape index (κ1) is 31.8. The number of nitrogens with zero attached hydrogens (tertiary/aromatic N) is 4. The van der Waals surface area contributed by atoms with Crippen LogP contribution in [-0.2, 0) is 15.0 Å². The summed E-state index contributed by atoms with van der Waals surface area (Å²) in [5.74, 6) is -2.35. The van der Waals surface area contributed by atoms with Gasteiger partial charge in [-0.25, -0.2) is 8.78 Å². The molecule has 1 saturated carbocycles. The maximum Gasteiger partial charge on any atom is 0.282 e. The molecule has 0 radical (unpaired) electrons. The Bertz CT molecular complexity index is 2160. The maximum atomic E-state index is 15.2. The number of piperidine rings is 1. The van der Waals surface area contributed by atoms with Gasteiger partial charge in [-0.05, 0) is 86.9 Å². The number of amides is 2. The molecule has 9 rings (SSSR count). The molecule has 1 N–H and O–H groups in total. The molecule has 8 nitrogen and oxygen atoms in total. The third-order valence-electron chi connectivity index (χ3n) is 12.1. The van der Waals surface area contributed by atoms with Crippen molar-refractivity contribution in [3.05, 3.63) is 98.1 Å². The van der Waals surface area contributed by atoms with E-state index in [-0.39, 0.29) is 29.4 Å². The van der Waals surface area contributed by atoms with Gasteiger partial charge in [0.2, 0.25) is 11.8 Å². The standard InChI is InChI=1S/C39H38ClF2N5O3/c1-38(2)26-14-22(9-11-30(26)47-31-8-4-7-27(40)34(31)36(50)44-37(38)47)21-5-3-6-23(13-21)45-17-39(18-45)19-46(20-39)24-15-28(41)33(29(42)16-24)25-10-12-32(48)43-35(25)49/h4,7-9,11,14-16,21,23,25H,3,5-6,10,12-13,17-20H2,1-2H3,(H,43,48,49). The number of benzene rings is 3. The van der Waals surface area contributed by atoms with E-state index in [0.717, 1.165) is 68.9 Å². The van der Waals surface area contributed by atoms with E-state index in [1.807, 2.05) is 17.0 Å². The molecule has 3 aromatic carbocycles. The van der Waals surface area contributed by atoms with Crippen LogP contribution in [0.5, 0.6) is 0 Å². The molecule has 1 aromatic heterocycles. The number of aromatic nitrogens is 2. The summed E-state index contributed by atoms with van der Waals surface area (Å²) in [7, 11) is 0. The van der Waals surface area contributed by atoms with Crippen LogP contribution in [0.15, 0.2) is 53.3 Å². The molecule has 3 atom stereocenters. The van der Waals surface area contributed by atoms with E-state index in [9.17, 15) is 14.4 Å². The average Bonchev–Trinajstić information content (AvgIpc) is 3.26. The Morgan fingerprint density at radius 2 is 1.70 bits per heavy atom. The predicted octanol–water partition coefficient (Wildman–Crippen LogP) is 6.33. The van der Waals surface area contributed by atoms with Crippen LogP contribution in [0.1, 0.15) is 86.7 Å². The van der Waals surface area contributed by atoms with Crippen molar-refractivity contribution in [2.45, 2.75) is 75.7 Å². The maximum absolute atomic E-state index is 15.2. The van der Waals surface area contributed by atoms with Crippen LogP contribution in [0, 0.1) is 17.0 Å². The lowest BCUT2D eigenvalue weighted by atomic mass is 9.70. The van der Waals surface area contributed by atoms with E-state index in [0.29, 0.717) is 28.1 Å². The van der Waals surface area contributed by atoms with E-state index in [1.165, 1.54) is 23.3 Å². The second kappa shape index (κ2) is 11.2. The summed E-state index contributed by atoms with van der Waals surface area (Å²) in [6.45, 7) is 7.71. The number of rotatable bonds is 4. The predicted molar refractivity (Wildman–Crippen MR) is 187 cm³/mol. The number of likely N-dealkylation sites (tertiary alicyclic amines) is 1. The molecule has 4 fully saturated rings. The minimum atomic E-state index is -0.994. The average molecular weight is 698 g/mol. The number of fused-ring (bicyclic) bond motifs is 5. The Labute approximate surface area is 293 Å². The fourth-order valence-corrected chi connectivity index (χ4v) is 9.84. The van der Waals surface area contributed by atoms with Crippen molar-refractivity contribution in [2.24, 2.45) is 5.41 Å². The molecule has 258 valence electrons. The zero-order chi connectivity index (χ0) is 34.7. The molecule has 1 spiro atoms. The van der Waals surface area contributed by atoms with Crippen LogP contribution in [0.3, 0.4) is 0 Å². The summed E-state index contributed by atoms with van der Waals surface area (Å²) in [4.78, 5) is 46.0. The molecule has 5 aliphatic rings. The van der Waals surface area contributed by atoms with Gasteiger partial charge in [0.05, 0.1) is 32.9 Å². The van der Waals surface area contributed by atoms with Crippen LogP contribution in [0.4, 0.5) is 14.5 Å². The number of carbonyl (C=O) groups excluding carboxylic acids is 2. The van der Waals surface area contributed by atoms with Gasteiger partial charge in [0.25, 0.3) is 5.56 Å². The summed E-state index contributed by atoms with van der Waals surface area (Å²) in [6, 6.07) is 15.5. The molecule has 0 bridgehead atoms.